The number of sulfonamides is 1. The average Bonchev–Trinajstić information content (AvgIpc) is 2.35. The Morgan fingerprint density at radius 2 is 1.76 bits per heavy atom. The molecular formula is C14H23N3O3S. The Hall–Kier alpha value is -1.44. The van der Waals surface area contributed by atoms with Gasteiger partial charge < -0.3 is 11.1 Å². The fraction of sp³-hybridized carbons (Fsp3) is 0.500. The topological polar surface area (TPSA) is 101 Å². The van der Waals surface area contributed by atoms with Crippen molar-refractivity contribution in [3.63, 3.8) is 0 Å². The molecule has 0 spiro atoms. The Morgan fingerprint density at radius 1 is 1.19 bits per heavy atom. The molecule has 7 heteroatoms. The van der Waals surface area contributed by atoms with Crippen molar-refractivity contribution < 1.29 is 13.2 Å². The molecule has 118 valence electrons. The Labute approximate surface area is 126 Å². The van der Waals surface area contributed by atoms with Crippen molar-refractivity contribution in [1.82, 2.24) is 10.0 Å². The summed E-state index contributed by atoms with van der Waals surface area (Å²) < 4.78 is 26.5. The lowest BCUT2D eigenvalue weighted by Crippen LogP contribution is -2.38. The Balaban J connectivity index is 2.82. The summed E-state index contributed by atoms with van der Waals surface area (Å²) in [5.41, 5.74) is 6.90. The van der Waals surface area contributed by atoms with E-state index >= 15 is 0 Å². The summed E-state index contributed by atoms with van der Waals surface area (Å²) in [5, 5.41) is 2.69. The minimum Gasteiger partial charge on any atom is -0.351 e. The van der Waals surface area contributed by atoms with Crippen molar-refractivity contribution in [3.8, 4) is 0 Å². The van der Waals surface area contributed by atoms with Gasteiger partial charge in [-0.05, 0) is 31.9 Å². The summed E-state index contributed by atoms with van der Waals surface area (Å²) in [6.07, 6.45) is 0. The lowest BCUT2D eigenvalue weighted by molar-refractivity contribution is -0.122. The zero-order valence-electron chi connectivity index (χ0n) is 12.6. The quantitative estimate of drug-likeness (QED) is 0.681. The Morgan fingerprint density at radius 3 is 2.29 bits per heavy atom. The molecule has 0 aliphatic heterocycles. The van der Waals surface area contributed by atoms with Gasteiger partial charge in [-0.3, -0.25) is 4.79 Å². The van der Waals surface area contributed by atoms with Crippen LogP contribution in [0.4, 0.5) is 0 Å². The van der Waals surface area contributed by atoms with Crippen LogP contribution in [0.25, 0.3) is 0 Å². The first kappa shape index (κ1) is 17.6. The molecule has 0 unspecified atom stereocenters. The number of amides is 1. The van der Waals surface area contributed by atoms with Gasteiger partial charge in [0, 0.05) is 12.6 Å². The van der Waals surface area contributed by atoms with Gasteiger partial charge in [0.25, 0.3) is 0 Å². The van der Waals surface area contributed by atoms with Crippen LogP contribution in [0.2, 0.25) is 0 Å². The number of nitrogens with two attached hydrogens (primary N) is 1. The highest BCUT2D eigenvalue weighted by Crippen LogP contribution is 2.12. The fourth-order valence-electron chi connectivity index (χ4n) is 1.82. The van der Waals surface area contributed by atoms with Crippen LogP contribution in [-0.2, 0) is 27.1 Å². The highest BCUT2D eigenvalue weighted by Gasteiger charge is 2.15. The minimum absolute atomic E-state index is 0.116. The second-order valence-electron chi connectivity index (χ2n) is 5.31. The van der Waals surface area contributed by atoms with E-state index in [0.29, 0.717) is 5.56 Å². The van der Waals surface area contributed by atoms with Gasteiger partial charge in [-0.15, -0.1) is 0 Å². The summed E-state index contributed by atoms with van der Waals surface area (Å²) in [4.78, 5) is 11.5. The summed E-state index contributed by atoms with van der Waals surface area (Å²) in [6, 6.07) is 6.37. The van der Waals surface area contributed by atoms with Gasteiger partial charge >= 0.3 is 0 Å². The maximum atomic E-state index is 12.0. The molecular weight excluding hydrogens is 290 g/mol. The van der Waals surface area contributed by atoms with Gasteiger partial charge in [-0.25, -0.2) is 13.1 Å². The molecule has 1 rings (SSSR count). The van der Waals surface area contributed by atoms with Crippen molar-refractivity contribution in [2.75, 3.05) is 0 Å². The molecule has 21 heavy (non-hydrogen) atoms. The predicted molar refractivity (Wildman–Crippen MR) is 82.8 cm³/mol. The Bertz CT molecular complexity index is 583. The second-order valence-corrected chi connectivity index (χ2v) is 7.06. The lowest BCUT2D eigenvalue weighted by Gasteiger charge is -2.14. The summed E-state index contributed by atoms with van der Waals surface area (Å²) in [5.74, 6) is -0.386. The normalized spacial score (nSPS) is 13.2. The molecule has 6 nitrogen and oxygen atoms in total. The van der Waals surface area contributed by atoms with Crippen LogP contribution >= 0.6 is 0 Å². The van der Waals surface area contributed by atoms with E-state index in [2.05, 4.69) is 10.0 Å². The Kier molecular flexibility index (Phi) is 6.32. The third-order valence-electron chi connectivity index (χ3n) is 2.75. The molecule has 0 radical (unpaired) electrons. The molecule has 0 aliphatic rings. The largest absolute Gasteiger partial charge is 0.351 e. The van der Waals surface area contributed by atoms with E-state index in [4.69, 9.17) is 5.73 Å². The van der Waals surface area contributed by atoms with Crippen LogP contribution in [-0.4, -0.2) is 26.4 Å². The SMILES string of the molecule is CC(C)NS(=O)(=O)Cc1ccccc1CNC(=O)[C@@H](C)N. The van der Waals surface area contributed by atoms with Gasteiger partial charge in [-0.1, -0.05) is 24.3 Å². The van der Waals surface area contributed by atoms with Crippen molar-refractivity contribution in [1.29, 1.82) is 0 Å². The molecule has 4 N–H and O–H groups in total. The summed E-state index contributed by atoms with van der Waals surface area (Å²) >= 11 is 0. The standard InChI is InChI=1S/C14H23N3O3S/c1-10(2)17-21(19,20)9-13-7-5-4-6-12(13)8-16-14(18)11(3)15/h4-7,10-11,17H,8-9,15H2,1-3H3,(H,16,18)/t11-/m1/s1. The number of nitrogens with one attached hydrogen (secondary N) is 2. The predicted octanol–water partition coefficient (Wildman–Crippen LogP) is 0.478. The molecule has 0 aromatic heterocycles. The molecule has 1 aromatic rings. The molecule has 0 saturated heterocycles. The second kappa shape index (κ2) is 7.53. The number of carbonyl (C=O) groups excluding carboxylic acids is 1. The number of hydrogen-bond donors (Lipinski definition) is 3. The van der Waals surface area contributed by atoms with E-state index in [0.717, 1.165) is 5.56 Å². The van der Waals surface area contributed by atoms with Crippen LogP contribution in [0.15, 0.2) is 24.3 Å². The average molecular weight is 313 g/mol. The first-order valence-corrected chi connectivity index (χ1v) is 8.46. The molecule has 1 atom stereocenters. The highest BCUT2D eigenvalue weighted by atomic mass is 32.2. The molecule has 1 aromatic carbocycles. The maximum Gasteiger partial charge on any atom is 0.236 e. The van der Waals surface area contributed by atoms with Gasteiger partial charge in [-0.2, -0.15) is 0 Å². The van der Waals surface area contributed by atoms with Crippen LogP contribution in [0.3, 0.4) is 0 Å². The van der Waals surface area contributed by atoms with E-state index in [1.165, 1.54) is 0 Å². The molecule has 0 fully saturated rings. The number of carbonyl (C=O) groups is 1. The van der Waals surface area contributed by atoms with Crippen molar-refractivity contribution in [2.24, 2.45) is 5.73 Å². The van der Waals surface area contributed by atoms with Crippen LogP contribution in [0.5, 0.6) is 0 Å². The third kappa shape index (κ3) is 6.24. The molecule has 0 heterocycles. The van der Waals surface area contributed by atoms with Crippen molar-refractivity contribution in [2.45, 2.75) is 45.2 Å². The maximum absolute atomic E-state index is 12.0. The zero-order chi connectivity index (χ0) is 16.0. The van der Waals surface area contributed by atoms with Gasteiger partial charge in [0.05, 0.1) is 11.8 Å². The number of hydrogen-bond acceptors (Lipinski definition) is 4. The van der Waals surface area contributed by atoms with Gasteiger partial charge in [0.1, 0.15) is 0 Å². The van der Waals surface area contributed by atoms with E-state index in [-0.39, 0.29) is 24.2 Å². The lowest BCUT2D eigenvalue weighted by atomic mass is 10.1. The van der Waals surface area contributed by atoms with E-state index in [9.17, 15) is 13.2 Å². The van der Waals surface area contributed by atoms with Crippen LogP contribution in [0, 0.1) is 0 Å². The third-order valence-corrected chi connectivity index (χ3v) is 4.27. The smallest absolute Gasteiger partial charge is 0.236 e. The summed E-state index contributed by atoms with van der Waals surface area (Å²) in [6.45, 7) is 5.39. The van der Waals surface area contributed by atoms with Crippen LogP contribution in [0.1, 0.15) is 31.9 Å². The zero-order valence-corrected chi connectivity index (χ0v) is 13.4. The highest BCUT2D eigenvalue weighted by molar-refractivity contribution is 7.88. The molecule has 0 aliphatic carbocycles. The fourth-order valence-corrected chi connectivity index (χ4v) is 3.31. The van der Waals surface area contributed by atoms with Gasteiger partial charge in [0.2, 0.25) is 15.9 Å². The first-order valence-electron chi connectivity index (χ1n) is 6.81. The van der Waals surface area contributed by atoms with E-state index < -0.39 is 16.1 Å². The van der Waals surface area contributed by atoms with Crippen molar-refractivity contribution in [3.05, 3.63) is 35.4 Å². The molecule has 0 saturated carbocycles. The van der Waals surface area contributed by atoms with Crippen molar-refractivity contribution >= 4 is 15.9 Å². The first-order chi connectivity index (χ1) is 9.71. The monoisotopic (exact) mass is 313 g/mol. The van der Waals surface area contributed by atoms with Crippen LogP contribution < -0.4 is 15.8 Å². The molecule has 1 amide bonds. The number of rotatable bonds is 7. The summed E-state index contributed by atoms with van der Waals surface area (Å²) in [7, 11) is -3.40. The van der Waals surface area contributed by atoms with Gasteiger partial charge in [0.15, 0.2) is 0 Å². The number of benzene rings is 1. The minimum atomic E-state index is -3.40. The van der Waals surface area contributed by atoms with E-state index in [1.807, 2.05) is 0 Å². The molecule has 0 bridgehead atoms. The van der Waals surface area contributed by atoms with E-state index in [1.54, 1.807) is 45.0 Å².